The Morgan fingerprint density at radius 1 is 1.13 bits per heavy atom. The Bertz CT molecular complexity index is 817. The molecule has 3 aromatic rings. The van der Waals surface area contributed by atoms with Crippen LogP contribution in [-0.2, 0) is 13.2 Å². The monoisotopic (exact) mass is 312 g/mol. The Labute approximate surface area is 133 Å². The molecule has 0 bridgehead atoms. The lowest BCUT2D eigenvalue weighted by Crippen LogP contribution is -1.93. The van der Waals surface area contributed by atoms with Gasteiger partial charge in [0.15, 0.2) is 6.29 Å². The fourth-order valence-corrected chi connectivity index (χ4v) is 2.33. The Hall–Kier alpha value is -2.79. The first-order chi connectivity index (χ1) is 11.2. The highest BCUT2D eigenvalue weighted by Gasteiger charge is 2.11. The van der Waals surface area contributed by atoms with Gasteiger partial charge < -0.3 is 19.0 Å². The number of benzene rings is 2. The second-order valence-corrected chi connectivity index (χ2v) is 5.06. The third kappa shape index (κ3) is 3.19. The summed E-state index contributed by atoms with van der Waals surface area (Å²) >= 11 is 0. The zero-order valence-electron chi connectivity index (χ0n) is 12.6. The van der Waals surface area contributed by atoms with Gasteiger partial charge in [-0.05, 0) is 35.9 Å². The van der Waals surface area contributed by atoms with E-state index < -0.39 is 0 Å². The maximum Gasteiger partial charge on any atom is 0.153 e. The fraction of sp³-hybridized carbons (Fsp3) is 0.167. The molecule has 0 unspecified atom stereocenters. The van der Waals surface area contributed by atoms with Crippen LogP contribution in [0.25, 0.3) is 11.0 Å². The van der Waals surface area contributed by atoms with Gasteiger partial charge in [0.25, 0.3) is 0 Å². The van der Waals surface area contributed by atoms with Crippen LogP contribution in [0.1, 0.15) is 21.7 Å². The number of aldehydes is 1. The van der Waals surface area contributed by atoms with Crippen molar-refractivity contribution < 1.29 is 23.8 Å². The van der Waals surface area contributed by atoms with Gasteiger partial charge >= 0.3 is 0 Å². The van der Waals surface area contributed by atoms with E-state index in [9.17, 15) is 4.79 Å². The van der Waals surface area contributed by atoms with Crippen LogP contribution in [0.3, 0.4) is 0 Å². The molecule has 0 atom stereocenters. The number of methoxy groups -OCH3 is 1. The Morgan fingerprint density at radius 3 is 2.57 bits per heavy atom. The van der Waals surface area contributed by atoms with E-state index in [4.69, 9.17) is 19.0 Å². The van der Waals surface area contributed by atoms with Gasteiger partial charge in [-0.3, -0.25) is 4.79 Å². The summed E-state index contributed by atoms with van der Waals surface area (Å²) in [5.74, 6) is 1.89. The molecule has 0 saturated carbocycles. The zero-order chi connectivity index (χ0) is 16.2. The quantitative estimate of drug-likeness (QED) is 0.707. The normalized spacial score (nSPS) is 10.7. The molecule has 2 aromatic carbocycles. The molecule has 23 heavy (non-hydrogen) atoms. The predicted molar refractivity (Wildman–Crippen MR) is 84.9 cm³/mol. The molecule has 0 saturated heterocycles. The molecule has 3 rings (SSSR count). The van der Waals surface area contributed by atoms with Gasteiger partial charge in [0, 0.05) is 5.39 Å². The maximum atomic E-state index is 11.2. The van der Waals surface area contributed by atoms with Crippen LogP contribution >= 0.6 is 0 Å². The number of furan rings is 1. The largest absolute Gasteiger partial charge is 0.497 e. The molecule has 0 radical (unpaired) electrons. The highest BCUT2D eigenvalue weighted by Crippen LogP contribution is 2.28. The van der Waals surface area contributed by atoms with E-state index in [1.807, 2.05) is 12.1 Å². The lowest BCUT2D eigenvalue weighted by Gasteiger charge is -2.04. The number of carbonyl (C=O) groups is 1. The van der Waals surface area contributed by atoms with Gasteiger partial charge in [-0.25, -0.2) is 0 Å². The molecule has 1 heterocycles. The van der Waals surface area contributed by atoms with Crippen LogP contribution < -0.4 is 9.47 Å². The van der Waals surface area contributed by atoms with Gasteiger partial charge in [0.1, 0.15) is 29.4 Å². The van der Waals surface area contributed by atoms with Crippen molar-refractivity contribution in [3.63, 3.8) is 0 Å². The summed E-state index contributed by atoms with van der Waals surface area (Å²) < 4.78 is 16.5. The molecule has 0 spiro atoms. The summed E-state index contributed by atoms with van der Waals surface area (Å²) in [5.41, 5.74) is 1.79. The molecule has 5 nitrogen and oxygen atoms in total. The lowest BCUT2D eigenvalue weighted by atomic mass is 10.1. The number of aliphatic hydroxyl groups excluding tert-OH is 1. The number of hydrogen-bond acceptors (Lipinski definition) is 5. The van der Waals surface area contributed by atoms with E-state index in [1.165, 1.54) is 0 Å². The molecule has 1 N–H and O–H groups in total. The van der Waals surface area contributed by atoms with Crippen molar-refractivity contribution in [1.29, 1.82) is 0 Å². The molecule has 0 aliphatic heterocycles. The molecular formula is C18H16O5. The van der Waals surface area contributed by atoms with Crippen molar-refractivity contribution in [3.8, 4) is 11.5 Å². The van der Waals surface area contributed by atoms with Crippen molar-refractivity contribution in [1.82, 2.24) is 0 Å². The average Bonchev–Trinajstić information content (AvgIpc) is 3.02. The van der Waals surface area contributed by atoms with Crippen LogP contribution in [0.4, 0.5) is 0 Å². The number of ether oxygens (including phenoxy) is 2. The highest BCUT2D eigenvalue weighted by atomic mass is 16.5. The molecule has 0 aliphatic carbocycles. The van der Waals surface area contributed by atoms with E-state index >= 15 is 0 Å². The van der Waals surface area contributed by atoms with E-state index in [-0.39, 0.29) is 13.2 Å². The van der Waals surface area contributed by atoms with Gasteiger partial charge in [0.05, 0.1) is 19.3 Å². The second kappa shape index (κ2) is 6.54. The van der Waals surface area contributed by atoms with Crippen LogP contribution in [-0.4, -0.2) is 18.5 Å². The topological polar surface area (TPSA) is 68.9 Å². The minimum atomic E-state index is 0.000157. The zero-order valence-corrected chi connectivity index (χ0v) is 12.6. The van der Waals surface area contributed by atoms with Crippen LogP contribution in [0.2, 0.25) is 0 Å². The SMILES string of the molecule is COc1cc(C=O)c2oc(COc3ccc(CO)cc3)cc2c1. The minimum absolute atomic E-state index is 0.000157. The van der Waals surface area contributed by atoms with Gasteiger partial charge in [-0.15, -0.1) is 0 Å². The third-order valence-corrected chi connectivity index (χ3v) is 3.52. The number of aliphatic hydroxyl groups is 1. The predicted octanol–water partition coefficient (Wildman–Crippen LogP) is 3.33. The van der Waals surface area contributed by atoms with Crippen molar-refractivity contribution in [2.45, 2.75) is 13.2 Å². The van der Waals surface area contributed by atoms with E-state index in [0.29, 0.717) is 28.4 Å². The number of carbonyl (C=O) groups excluding carboxylic acids is 1. The summed E-state index contributed by atoms with van der Waals surface area (Å²) in [6.07, 6.45) is 0.743. The first-order valence-electron chi connectivity index (χ1n) is 7.11. The Morgan fingerprint density at radius 2 is 1.91 bits per heavy atom. The molecule has 5 heteroatoms. The molecule has 118 valence electrons. The van der Waals surface area contributed by atoms with Crippen molar-refractivity contribution >= 4 is 17.3 Å². The van der Waals surface area contributed by atoms with Crippen LogP contribution in [0.5, 0.6) is 11.5 Å². The molecular weight excluding hydrogens is 296 g/mol. The summed E-state index contributed by atoms with van der Waals surface area (Å²) in [7, 11) is 1.55. The maximum absolute atomic E-state index is 11.2. The average molecular weight is 312 g/mol. The molecule has 0 fully saturated rings. The summed E-state index contributed by atoms with van der Waals surface area (Å²) in [4.78, 5) is 11.2. The summed E-state index contributed by atoms with van der Waals surface area (Å²) in [5, 5.41) is 9.81. The fourth-order valence-electron chi connectivity index (χ4n) is 2.33. The van der Waals surface area contributed by atoms with Gasteiger partial charge in [0.2, 0.25) is 0 Å². The van der Waals surface area contributed by atoms with Gasteiger partial charge in [-0.1, -0.05) is 12.1 Å². The first-order valence-corrected chi connectivity index (χ1v) is 7.11. The van der Waals surface area contributed by atoms with E-state index in [0.717, 1.165) is 17.2 Å². The standard InChI is InChI=1S/C18H16O5/c1-21-16-6-13-7-17(23-18(13)14(8-16)10-20)11-22-15-4-2-12(9-19)3-5-15/h2-8,10,19H,9,11H2,1H3. The smallest absolute Gasteiger partial charge is 0.153 e. The lowest BCUT2D eigenvalue weighted by molar-refractivity contribution is 0.112. The highest BCUT2D eigenvalue weighted by molar-refractivity contribution is 5.96. The van der Waals surface area contributed by atoms with Crippen molar-refractivity contribution in [2.24, 2.45) is 0 Å². The van der Waals surface area contributed by atoms with E-state index in [2.05, 4.69) is 0 Å². The molecule has 0 aliphatic rings. The molecule has 0 amide bonds. The minimum Gasteiger partial charge on any atom is -0.497 e. The van der Waals surface area contributed by atoms with Crippen LogP contribution in [0, 0.1) is 0 Å². The van der Waals surface area contributed by atoms with Gasteiger partial charge in [-0.2, -0.15) is 0 Å². The third-order valence-electron chi connectivity index (χ3n) is 3.52. The van der Waals surface area contributed by atoms with Crippen molar-refractivity contribution in [2.75, 3.05) is 7.11 Å². The second-order valence-electron chi connectivity index (χ2n) is 5.06. The number of rotatable bonds is 6. The van der Waals surface area contributed by atoms with Crippen molar-refractivity contribution in [3.05, 3.63) is 59.4 Å². The summed E-state index contributed by atoms with van der Waals surface area (Å²) in [6, 6.07) is 12.4. The Kier molecular flexibility index (Phi) is 4.30. The van der Waals surface area contributed by atoms with E-state index in [1.54, 1.807) is 37.4 Å². The Balaban J connectivity index is 1.81. The number of fused-ring (bicyclic) bond motifs is 1. The number of hydrogen-bond donors (Lipinski definition) is 1. The summed E-state index contributed by atoms with van der Waals surface area (Å²) in [6.45, 7) is 0.244. The van der Waals surface area contributed by atoms with Crippen LogP contribution in [0.15, 0.2) is 46.9 Å². The molecule has 1 aromatic heterocycles. The first kappa shape index (κ1) is 15.1.